The van der Waals surface area contributed by atoms with Crippen LogP contribution in [0, 0.1) is 11.3 Å². The van der Waals surface area contributed by atoms with E-state index in [9.17, 15) is 14.9 Å². The van der Waals surface area contributed by atoms with E-state index in [0.717, 1.165) is 16.7 Å². The van der Waals surface area contributed by atoms with Crippen LogP contribution >= 0.6 is 0 Å². The van der Waals surface area contributed by atoms with Gasteiger partial charge < -0.3 is 10.1 Å². The molecular formula is C30H24N2O3. The molecule has 4 aromatic rings. The fourth-order valence-corrected chi connectivity index (χ4v) is 3.91. The van der Waals surface area contributed by atoms with Crippen LogP contribution < -0.4 is 10.1 Å². The summed E-state index contributed by atoms with van der Waals surface area (Å²) in [5.41, 5.74) is 2.76. The minimum absolute atomic E-state index is 0.162. The minimum Gasteiger partial charge on any atom is -0.424 e. The van der Waals surface area contributed by atoms with E-state index in [1.807, 2.05) is 97.1 Å². The first-order valence-electron chi connectivity index (χ1n) is 11.3. The molecule has 5 heteroatoms. The lowest BCUT2D eigenvalue weighted by Gasteiger charge is -2.23. The van der Waals surface area contributed by atoms with Crippen molar-refractivity contribution >= 4 is 11.9 Å². The summed E-state index contributed by atoms with van der Waals surface area (Å²) in [5, 5.41) is 12.3. The highest BCUT2D eigenvalue weighted by Crippen LogP contribution is 2.25. The van der Waals surface area contributed by atoms with E-state index in [2.05, 4.69) is 5.32 Å². The topological polar surface area (TPSA) is 79.2 Å². The molecular weight excluding hydrogens is 436 g/mol. The molecule has 35 heavy (non-hydrogen) atoms. The maximum absolute atomic E-state index is 13.7. The summed E-state index contributed by atoms with van der Waals surface area (Å²) in [5.74, 6) is -1.39. The largest absolute Gasteiger partial charge is 0.424 e. The summed E-state index contributed by atoms with van der Waals surface area (Å²) < 4.78 is 5.59. The number of para-hydroxylation sites is 1. The number of nitrogens with one attached hydrogen (secondary N) is 1. The minimum atomic E-state index is -0.952. The molecule has 0 aromatic heterocycles. The molecule has 1 N–H and O–H groups in total. The van der Waals surface area contributed by atoms with Gasteiger partial charge in [0.1, 0.15) is 17.9 Å². The lowest BCUT2D eigenvalue weighted by Crippen LogP contribution is -2.46. The molecule has 0 radical (unpaired) electrons. The highest BCUT2D eigenvalue weighted by molar-refractivity contribution is 5.91. The van der Waals surface area contributed by atoms with Crippen molar-refractivity contribution in [2.24, 2.45) is 0 Å². The normalized spacial score (nSPS) is 11.3. The SMILES string of the molecule is N#Cc1ccccc1OC(=O)[C@@H](Cc1ccccc1)NC(=O)C(c1ccccc1)c1ccccc1. The summed E-state index contributed by atoms with van der Waals surface area (Å²) in [7, 11) is 0. The first kappa shape index (κ1) is 23.5. The molecule has 0 bridgehead atoms. The predicted molar refractivity (Wildman–Crippen MR) is 134 cm³/mol. The Labute approximate surface area is 204 Å². The summed E-state index contributed by atoms with van der Waals surface area (Å²) in [6, 6.07) is 35.9. The van der Waals surface area contributed by atoms with Gasteiger partial charge >= 0.3 is 5.97 Å². The average molecular weight is 461 g/mol. The van der Waals surface area contributed by atoms with Crippen LogP contribution in [0.2, 0.25) is 0 Å². The Bertz CT molecular complexity index is 1280. The second-order valence-electron chi connectivity index (χ2n) is 8.03. The van der Waals surface area contributed by atoms with Crippen LogP contribution in [-0.2, 0) is 16.0 Å². The molecule has 4 aromatic carbocycles. The second kappa shape index (κ2) is 11.4. The van der Waals surface area contributed by atoms with Gasteiger partial charge in [-0.15, -0.1) is 0 Å². The van der Waals surface area contributed by atoms with E-state index in [0.29, 0.717) is 0 Å². The highest BCUT2D eigenvalue weighted by atomic mass is 16.5. The van der Waals surface area contributed by atoms with Crippen molar-refractivity contribution in [3.8, 4) is 11.8 Å². The third kappa shape index (κ3) is 6.01. The van der Waals surface area contributed by atoms with E-state index < -0.39 is 17.9 Å². The number of benzene rings is 4. The van der Waals surface area contributed by atoms with Crippen LogP contribution in [0.1, 0.15) is 28.2 Å². The summed E-state index contributed by atoms with van der Waals surface area (Å²) in [6.07, 6.45) is 0.246. The maximum Gasteiger partial charge on any atom is 0.334 e. The first-order chi connectivity index (χ1) is 17.2. The quantitative estimate of drug-likeness (QED) is 0.296. The Kier molecular flexibility index (Phi) is 7.67. The number of rotatable bonds is 8. The molecule has 1 atom stereocenters. The maximum atomic E-state index is 13.7. The number of ether oxygens (including phenoxy) is 1. The molecule has 0 unspecified atom stereocenters. The van der Waals surface area contributed by atoms with Crippen molar-refractivity contribution in [3.63, 3.8) is 0 Å². The van der Waals surface area contributed by atoms with Crippen molar-refractivity contribution in [1.29, 1.82) is 5.26 Å². The molecule has 5 nitrogen and oxygen atoms in total. The predicted octanol–water partition coefficient (Wildman–Crippen LogP) is 5.02. The van der Waals surface area contributed by atoms with E-state index in [4.69, 9.17) is 4.74 Å². The van der Waals surface area contributed by atoms with Gasteiger partial charge in [-0.2, -0.15) is 5.26 Å². The van der Waals surface area contributed by atoms with Crippen LogP contribution in [0.25, 0.3) is 0 Å². The molecule has 0 aliphatic heterocycles. The molecule has 0 saturated heterocycles. The van der Waals surface area contributed by atoms with Crippen LogP contribution in [-0.4, -0.2) is 17.9 Å². The van der Waals surface area contributed by atoms with Gasteiger partial charge in [-0.3, -0.25) is 4.79 Å². The van der Waals surface area contributed by atoms with E-state index in [1.165, 1.54) is 0 Å². The standard InChI is InChI=1S/C30H24N2O3/c31-21-25-18-10-11-19-27(25)35-30(34)26(20-22-12-4-1-5-13-22)32-29(33)28(23-14-6-2-7-15-23)24-16-8-3-9-17-24/h1-19,26,28H,20H2,(H,32,33)/t26-/m1/s1. The van der Waals surface area contributed by atoms with Gasteiger partial charge in [-0.1, -0.05) is 103 Å². The molecule has 0 saturated carbocycles. The first-order valence-corrected chi connectivity index (χ1v) is 11.3. The average Bonchev–Trinajstić information content (AvgIpc) is 2.90. The van der Waals surface area contributed by atoms with Gasteiger partial charge in [0.2, 0.25) is 5.91 Å². The van der Waals surface area contributed by atoms with Crippen molar-refractivity contribution in [2.45, 2.75) is 18.4 Å². The van der Waals surface area contributed by atoms with Gasteiger partial charge in [0.05, 0.1) is 11.5 Å². The molecule has 0 fully saturated rings. The van der Waals surface area contributed by atoms with Crippen LogP contribution in [0.4, 0.5) is 0 Å². The fourth-order valence-electron chi connectivity index (χ4n) is 3.91. The number of nitrogens with zero attached hydrogens (tertiary/aromatic N) is 1. The lowest BCUT2D eigenvalue weighted by molar-refractivity contribution is -0.139. The molecule has 4 rings (SSSR count). The molecule has 172 valence electrons. The highest BCUT2D eigenvalue weighted by Gasteiger charge is 2.29. The van der Waals surface area contributed by atoms with Crippen molar-refractivity contribution < 1.29 is 14.3 Å². The number of amides is 1. The Morgan fingerprint density at radius 3 is 1.83 bits per heavy atom. The van der Waals surface area contributed by atoms with Gasteiger partial charge in [0.15, 0.2) is 0 Å². The smallest absolute Gasteiger partial charge is 0.334 e. The molecule has 0 spiro atoms. The molecule has 0 aliphatic carbocycles. The number of esters is 1. The molecule has 0 heterocycles. The Morgan fingerprint density at radius 2 is 1.26 bits per heavy atom. The lowest BCUT2D eigenvalue weighted by atomic mass is 9.90. The van der Waals surface area contributed by atoms with Crippen LogP contribution in [0.3, 0.4) is 0 Å². The number of hydrogen-bond acceptors (Lipinski definition) is 4. The molecule has 1 amide bonds. The van der Waals surface area contributed by atoms with Crippen molar-refractivity contribution in [2.75, 3.05) is 0 Å². The summed E-state index contributed by atoms with van der Waals surface area (Å²) >= 11 is 0. The number of nitriles is 1. The van der Waals surface area contributed by atoms with Crippen molar-refractivity contribution in [1.82, 2.24) is 5.32 Å². The third-order valence-electron chi connectivity index (χ3n) is 5.63. The van der Waals surface area contributed by atoms with E-state index in [-0.39, 0.29) is 23.6 Å². The second-order valence-corrected chi connectivity index (χ2v) is 8.03. The van der Waals surface area contributed by atoms with Gasteiger partial charge in [-0.05, 0) is 28.8 Å². The Hall–Kier alpha value is -4.69. The van der Waals surface area contributed by atoms with Gasteiger partial charge in [-0.25, -0.2) is 4.79 Å². The number of carbonyl (C=O) groups excluding carboxylic acids is 2. The summed E-state index contributed by atoms with van der Waals surface area (Å²) in [6.45, 7) is 0. The third-order valence-corrected chi connectivity index (χ3v) is 5.63. The number of hydrogen-bond donors (Lipinski definition) is 1. The van der Waals surface area contributed by atoms with Gasteiger partial charge in [0, 0.05) is 6.42 Å². The Morgan fingerprint density at radius 1 is 0.743 bits per heavy atom. The van der Waals surface area contributed by atoms with E-state index in [1.54, 1.807) is 24.3 Å². The zero-order chi connectivity index (χ0) is 24.5. The van der Waals surface area contributed by atoms with Gasteiger partial charge in [0.25, 0.3) is 0 Å². The Balaban J connectivity index is 1.64. The van der Waals surface area contributed by atoms with E-state index >= 15 is 0 Å². The summed E-state index contributed by atoms with van der Waals surface area (Å²) in [4.78, 5) is 26.9. The monoisotopic (exact) mass is 460 g/mol. The van der Waals surface area contributed by atoms with Crippen LogP contribution in [0.15, 0.2) is 115 Å². The van der Waals surface area contributed by atoms with Crippen LogP contribution in [0.5, 0.6) is 5.75 Å². The zero-order valence-corrected chi connectivity index (χ0v) is 19.0. The van der Waals surface area contributed by atoms with Crippen molar-refractivity contribution in [3.05, 3.63) is 138 Å². The number of carbonyl (C=O) groups is 2. The zero-order valence-electron chi connectivity index (χ0n) is 19.0. The fraction of sp³-hybridized carbons (Fsp3) is 0.100. The molecule has 0 aliphatic rings.